The van der Waals surface area contributed by atoms with Gasteiger partial charge in [-0.1, -0.05) is 70.4 Å². The van der Waals surface area contributed by atoms with Gasteiger partial charge in [-0.05, 0) is 17.9 Å². The quantitative estimate of drug-likeness (QED) is 0.684. The third-order valence-electron chi connectivity index (χ3n) is 4.74. The number of aromatic nitrogens is 2. The number of hydrogen-bond acceptors (Lipinski definition) is 2. The second-order valence-corrected chi connectivity index (χ2v) is 7.04. The summed E-state index contributed by atoms with van der Waals surface area (Å²) >= 11 is 0. The van der Waals surface area contributed by atoms with Crippen molar-refractivity contribution in [2.75, 3.05) is 0 Å². The Hall–Kier alpha value is -2.10. The molecular weight excluding hydrogens is 312 g/mol. The van der Waals surface area contributed by atoms with Gasteiger partial charge in [-0.3, -0.25) is 13.9 Å². The smallest absolute Gasteiger partial charge is 0.300 e. The van der Waals surface area contributed by atoms with Crippen molar-refractivity contribution in [3.05, 3.63) is 68.0 Å². The van der Waals surface area contributed by atoms with E-state index in [-0.39, 0.29) is 17.2 Å². The van der Waals surface area contributed by atoms with Crippen LogP contribution >= 0.6 is 0 Å². The van der Waals surface area contributed by atoms with E-state index in [0.29, 0.717) is 13.0 Å². The first-order chi connectivity index (χ1) is 12.0. The van der Waals surface area contributed by atoms with Crippen molar-refractivity contribution in [3.8, 4) is 0 Å². The number of unbranched alkanes of at least 4 members (excludes halogenated alkanes) is 3. The number of rotatable bonds is 8. The summed E-state index contributed by atoms with van der Waals surface area (Å²) in [5.74, 6) is 0.0832. The Morgan fingerprint density at radius 1 is 1.00 bits per heavy atom. The minimum atomic E-state index is -0.197. The van der Waals surface area contributed by atoms with Gasteiger partial charge in [-0.15, -0.1) is 0 Å². The SMILES string of the molecule is CCCCCCn1c(=O)c(C(C)C)c(Cc2ccccc2)n(C)c1=O. The molecule has 0 aliphatic heterocycles. The molecule has 0 N–H and O–H groups in total. The van der Waals surface area contributed by atoms with Crippen molar-refractivity contribution in [3.63, 3.8) is 0 Å². The highest BCUT2D eigenvalue weighted by Crippen LogP contribution is 2.17. The van der Waals surface area contributed by atoms with Crippen molar-refractivity contribution in [1.82, 2.24) is 9.13 Å². The molecule has 25 heavy (non-hydrogen) atoms. The van der Waals surface area contributed by atoms with Crippen LogP contribution in [-0.4, -0.2) is 9.13 Å². The number of hydrogen-bond donors (Lipinski definition) is 0. The predicted molar refractivity (Wildman–Crippen MR) is 103 cm³/mol. The molecule has 0 bridgehead atoms. The molecule has 0 saturated carbocycles. The standard InChI is InChI=1S/C21H30N2O2/c1-5-6-7-11-14-23-20(24)19(16(2)3)18(22(4)21(23)25)15-17-12-9-8-10-13-17/h8-10,12-13,16H,5-7,11,14-15H2,1-4H3. The van der Waals surface area contributed by atoms with Crippen LogP contribution in [0.4, 0.5) is 0 Å². The fourth-order valence-electron chi connectivity index (χ4n) is 3.31. The lowest BCUT2D eigenvalue weighted by Crippen LogP contribution is -2.43. The summed E-state index contributed by atoms with van der Waals surface area (Å²) in [6.07, 6.45) is 4.80. The lowest BCUT2D eigenvalue weighted by Gasteiger charge is -2.19. The van der Waals surface area contributed by atoms with E-state index >= 15 is 0 Å². The topological polar surface area (TPSA) is 44.0 Å². The van der Waals surface area contributed by atoms with Crippen LogP contribution in [0.1, 0.15) is 69.2 Å². The highest BCUT2D eigenvalue weighted by molar-refractivity contribution is 5.29. The predicted octanol–water partition coefficient (Wildman–Crippen LogP) is 3.84. The van der Waals surface area contributed by atoms with E-state index in [4.69, 9.17) is 0 Å². The summed E-state index contributed by atoms with van der Waals surface area (Å²) < 4.78 is 3.10. The molecular formula is C21H30N2O2. The van der Waals surface area contributed by atoms with E-state index < -0.39 is 0 Å². The van der Waals surface area contributed by atoms with E-state index in [2.05, 4.69) is 6.92 Å². The molecule has 0 aliphatic rings. The van der Waals surface area contributed by atoms with Gasteiger partial charge in [0.15, 0.2) is 0 Å². The molecule has 1 aromatic carbocycles. The molecule has 0 radical (unpaired) electrons. The maximum Gasteiger partial charge on any atom is 0.330 e. The average molecular weight is 342 g/mol. The fraction of sp³-hybridized carbons (Fsp3) is 0.524. The van der Waals surface area contributed by atoms with Crippen LogP contribution < -0.4 is 11.2 Å². The molecule has 1 aromatic heterocycles. The van der Waals surface area contributed by atoms with Gasteiger partial charge in [-0.25, -0.2) is 4.79 Å². The summed E-state index contributed by atoms with van der Waals surface area (Å²) in [7, 11) is 1.79. The molecule has 0 saturated heterocycles. The maximum atomic E-state index is 13.0. The molecule has 2 aromatic rings. The van der Waals surface area contributed by atoms with Gasteiger partial charge in [0.1, 0.15) is 0 Å². The number of nitrogens with zero attached hydrogens (tertiary/aromatic N) is 2. The van der Waals surface area contributed by atoms with Gasteiger partial charge in [0, 0.05) is 31.3 Å². The summed E-state index contributed by atoms with van der Waals surface area (Å²) in [5.41, 5.74) is 2.40. The van der Waals surface area contributed by atoms with Gasteiger partial charge in [-0.2, -0.15) is 0 Å². The van der Waals surface area contributed by atoms with Crippen LogP contribution in [0.25, 0.3) is 0 Å². The van der Waals surface area contributed by atoms with Crippen LogP contribution in [-0.2, 0) is 20.0 Å². The molecule has 2 rings (SSSR count). The van der Waals surface area contributed by atoms with Crippen LogP contribution in [0, 0.1) is 0 Å². The van der Waals surface area contributed by atoms with E-state index in [9.17, 15) is 9.59 Å². The van der Waals surface area contributed by atoms with Crippen molar-refractivity contribution in [2.45, 2.75) is 65.3 Å². The Morgan fingerprint density at radius 2 is 1.68 bits per heavy atom. The lowest BCUT2D eigenvalue weighted by molar-refractivity contribution is 0.516. The van der Waals surface area contributed by atoms with Crippen molar-refractivity contribution in [2.24, 2.45) is 7.05 Å². The Labute approximate surface area is 150 Å². The Morgan fingerprint density at radius 3 is 2.28 bits per heavy atom. The van der Waals surface area contributed by atoms with E-state index in [1.54, 1.807) is 11.6 Å². The fourth-order valence-corrected chi connectivity index (χ4v) is 3.31. The van der Waals surface area contributed by atoms with E-state index in [1.807, 2.05) is 44.2 Å². The third kappa shape index (κ3) is 4.50. The molecule has 0 fully saturated rings. The first-order valence-electron chi connectivity index (χ1n) is 9.33. The summed E-state index contributed by atoms with van der Waals surface area (Å²) in [4.78, 5) is 25.8. The molecule has 4 heteroatoms. The summed E-state index contributed by atoms with van der Waals surface area (Å²) in [6.45, 7) is 6.71. The average Bonchev–Trinajstić information content (AvgIpc) is 2.59. The van der Waals surface area contributed by atoms with E-state index in [0.717, 1.165) is 42.5 Å². The largest absolute Gasteiger partial charge is 0.330 e. The minimum absolute atomic E-state index is 0.0832. The van der Waals surface area contributed by atoms with E-state index in [1.165, 1.54) is 4.57 Å². The summed E-state index contributed by atoms with van der Waals surface area (Å²) in [5, 5.41) is 0. The second-order valence-electron chi connectivity index (χ2n) is 7.04. The molecule has 1 heterocycles. The van der Waals surface area contributed by atoms with Gasteiger partial charge in [0.2, 0.25) is 0 Å². The van der Waals surface area contributed by atoms with Gasteiger partial charge >= 0.3 is 5.69 Å². The highest BCUT2D eigenvalue weighted by Gasteiger charge is 2.19. The Balaban J connectivity index is 2.47. The second kappa shape index (κ2) is 8.84. The zero-order valence-electron chi connectivity index (χ0n) is 15.9. The Bertz CT molecular complexity index is 801. The first kappa shape index (κ1) is 19.2. The van der Waals surface area contributed by atoms with Crippen LogP contribution in [0.3, 0.4) is 0 Å². The molecule has 0 atom stereocenters. The van der Waals surface area contributed by atoms with Crippen molar-refractivity contribution >= 4 is 0 Å². The highest BCUT2D eigenvalue weighted by atomic mass is 16.2. The first-order valence-corrected chi connectivity index (χ1v) is 9.33. The third-order valence-corrected chi connectivity index (χ3v) is 4.74. The van der Waals surface area contributed by atoms with Gasteiger partial charge < -0.3 is 0 Å². The molecule has 0 spiro atoms. The zero-order valence-corrected chi connectivity index (χ0v) is 15.9. The minimum Gasteiger partial charge on any atom is -0.300 e. The van der Waals surface area contributed by atoms with Crippen molar-refractivity contribution in [1.29, 1.82) is 0 Å². The zero-order chi connectivity index (χ0) is 18.4. The molecule has 4 nitrogen and oxygen atoms in total. The number of benzene rings is 1. The molecule has 0 unspecified atom stereocenters. The lowest BCUT2D eigenvalue weighted by atomic mass is 9.98. The molecule has 136 valence electrons. The van der Waals surface area contributed by atoms with Crippen LogP contribution in [0.5, 0.6) is 0 Å². The van der Waals surface area contributed by atoms with Crippen molar-refractivity contribution < 1.29 is 0 Å². The normalized spacial score (nSPS) is 11.2. The van der Waals surface area contributed by atoms with Gasteiger partial charge in [0.25, 0.3) is 5.56 Å². The Kier molecular flexibility index (Phi) is 6.80. The molecule has 0 amide bonds. The summed E-state index contributed by atoms with van der Waals surface area (Å²) in [6, 6.07) is 10.0. The maximum absolute atomic E-state index is 13.0. The van der Waals surface area contributed by atoms with Gasteiger partial charge in [0.05, 0.1) is 0 Å². The monoisotopic (exact) mass is 342 g/mol. The van der Waals surface area contributed by atoms with Crippen LogP contribution in [0.2, 0.25) is 0 Å². The van der Waals surface area contributed by atoms with Crippen LogP contribution in [0.15, 0.2) is 39.9 Å². The molecule has 0 aliphatic carbocycles.